The second-order valence-electron chi connectivity index (χ2n) is 5.74. The van der Waals surface area contributed by atoms with Crippen LogP contribution in [0, 0.1) is 5.92 Å². The quantitative estimate of drug-likeness (QED) is 0.854. The minimum atomic E-state index is -0.326. The van der Waals surface area contributed by atoms with E-state index in [4.69, 9.17) is 4.74 Å². The van der Waals surface area contributed by atoms with Crippen molar-refractivity contribution in [1.29, 1.82) is 0 Å². The molecular weight excluding hydrogens is 298 g/mol. The van der Waals surface area contributed by atoms with Crippen LogP contribution in [0.4, 0.5) is 4.79 Å². The number of ether oxygens (including phenoxy) is 1. The van der Waals surface area contributed by atoms with Gasteiger partial charge in [-0.15, -0.1) is 0 Å². The zero-order valence-electron chi connectivity index (χ0n) is 12.3. The number of carbonyl (C=O) groups excluding carboxylic acids is 2. The van der Waals surface area contributed by atoms with Gasteiger partial charge in [0.1, 0.15) is 5.75 Å². The first-order valence-corrected chi connectivity index (χ1v) is 8.50. The van der Waals surface area contributed by atoms with Gasteiger partial charge in [-0.2, -0.15) is 0 Å². The van der Waals surface area contributed by atoms with Gasteiger partial charge in [0.2, 0.25) is 0 Å². The lowest BCUT2D eigenvalue weighted by Crippen LogP contribution is -2.17. The van der Waals surface area contributed by atoms with Gasteiger partial charge in [0.05, 0.1) is 11.5 Å². The maximum Gasteiger partial charge on any atom is 0.290 e. The number of rotatable bonds is 4. The van der Waals surface area contributed by atoms with Crippen molar-refractivity contribution in [1.82, 2.24) is 5.32 Å². The van der Waals surface area contributed by atoms with E-state index in [0.29, 0.717) is 10.8 Å². The van der Waals surface area contributed by atoms with Gasteiger partial charge in [0.15, 0.2) is 0 Å². The molecule has 5 heteroatoms. The summed E-state index contributed by atoms with van der Waals surface area (Å²) in [6, 6.07) is 7.63. The van der Waals surface area contributed by atoms with E-state index in [0.717, 1.165) is 29.7 Å². The summed E-state index contributed by atoms with van der Waals surface area (Å²) >= 11 is 0.932. The van der Waals surface area contributed by atoms with Crippen LogP contribution in [0.25, 0.3) is 6.08 Å². The average Bonchev–Trinajstić information content (AvgIpc) is 2.85. The Balaban J connectivity index is 1.57. The third-order valence-corrected chi connectivity index (χ3v) is 4.84. The Morgan fingerprint density at radius 2 is 1.86 bits per heavy atom. The number of thioether (sulfide) groups is 1. The molecule has 1 saturated heterocycles. The number of amides is 2. The fourth-order valence-electron chi connectivity index (χ4n) is 2.80. The predicted octanol–water partition coefficient (Wildman–Crippen LogP) is 3.97. The summed E-state index contributed by atoms with van der Waals surface area (Å²) in [5.41, 5.74) is 0.886. The highest BCUT2D eigenvalue weighted by Gasteiger charge is 2.24. The Hall–Kier alpha value is -1.75. The predicted molar refractivity (Wildman–Crippen MR) is 87.6 cm³/mol. The SMILES string of the molecule is O=C1NC(=O)/C(=C/c2ccc(OCC3CCCCC3)cc2)S1. The largest absolute Gasteiger partial charge is 0.493 e. The zero-order chi connectivity index (χ0) is 15.4. The molecule has 22 heavy (non-hydrogen) atoms. The van der Waals surface area contributed by atoms with E-state index in [1.54, 1.807) is 6.08 Å². The van der Waals surface area contributed by atoms with Gasteiger partial charge in [0.25, 0.3) is 11.1 Å². The zero-order valence-corrected chi connectivity index (χ0v) is 13.2. The van der Waals surface area contributed by atoms with Crippen LogP contribution in [-0.2, 0) is 4.79 Å². The number of benzene rings is 1. The van der Waals surface area contributed by atoms with Crippen LogP contribution in [0.5, 0.6) is 5.75 Å². The van der Waals surface area contributed by atoms with Crippen LogP contribution in [0.3, 0.4) is 0 Å². The van der Waals surface area contributed by atoms with Crippen LogP contribution in [0.15, 0.2) is 29.2 Å². The molecule has 1 heterocycles. The number of carbonyl (C=O) groups is 2. The van der Waals surface area contributed by atoms with Gasteiger partial charge in [-0.25, -0.2) is 0 Å². The van der Waals surface area contributed by atoms with Crippen molar-refractivity contribution < 1.29 is 14.3 Å². The maximum absolute atomic E-state index is 11.5. The maximum atomic E-state index is 11.5. The normalized spacial score (nSPS) is 21.2. The molecule has 4 nitrogen and oxygen atoms in total. The highest BCUT2D eigenvalue weighted by Crippen LogP contribution is 2.27. The van der Waals surface area contributed by atoms with E-state index < -0.39 is 0 Å². The Bertz CT molecular complexity index is 588. The van der Waals surface area contributed by atoms with E-state index in [-0.39, 0.29) is 11.1 Å². The molecule has 0 spiro atoms. The van der Waals surface area contributed by atoms with E-state index in [1.165, 1.54) is 32.1 Å². The van der Waals surface area contributed by atoms with Crippen LogP contribution in [0.2, 0.25) is 0 Å². The molecule has 1 aromatic rings. The van der Waals surface area contributed by atoms with Crippen LogP contribution >= 0.6 is 11.8 Å². The Kier molecular flexibility index (Phi) is 4.83. The van der Waals surface area contributed by atoms with Gasteiger partial charge < -0.3 is 4.74 Å². The van der Waals surface area contributed by atoms with Crippen molar-refractivity contribution in [3.05, 3.63) is 34.7 Å². The molecule has 1 aliphatic heterocycles. The second-order valence-corrected chi connectivity index (χ2v) is 6.75. The molecule has 1 aromatic carbocycles. The molecule has 1 aliphatic carbocycles. The summed E-state index contributed by atoms with van der Waals surface area (Å²) in [4.78, 5) is 23.0. The topological polar surface area (TPSA) is 55.4 Å². The third kappa shape index (κ3) is 3.91. The summed E-state index contributed by atoms with van der Waals surface area (Å²) in [5, 5.41) is 1.93. The van der Waals surface area contributed by atoms with Gasteiger partial charge in [-0.05, 0) is 54.3 Å². The average molecular weight is 317 g/mol. The minimum Gasteiger partial charge on any atom is -0.493 e. The van der Waals surface area contributed by atoms with Crippen LogP contribution in [0.1, 0.15) is 37.7 Å². The number of hydrogen-bond acceptors (Lipinski definition) is 4. The summed E-state index contributed by atoms with van der Waals surface area (Å²) in [6.07, 6.45) is 8.25. The summed E-state index contributed by atoms with van der Waals surface area (Å²) in [7, 11) is 0. The van der Waals surface area contributed by atoms with Gasteiger partial charge in [0, 0.05) is 0 Å². The van der Waals surface area contributed by atoms with Crippen molar-refractivity contribution >= 4 is 29.0 Å². The molecule has 1 saturated carbocycles. The summed E-state index contributed by atoms with van der Waals surface area (Å²) < 4.78 is 5.85. The Morgan fingerprint density at radius 1 is 1.14 bits per heavy atom. The van der Waals surface area contributed by atoms with E-state index >= 15 is 0 Å². The first kappa shape index (κ1) is 15.2. The highest BCUT2D eigenvalue weighted by atomic mass is 32.2. The first-order valence-electron chi connectivity index (χ1n) is 7.68. The highest BCUT2D eigenvalue weighted by molar-refractivity contribution is 8.18. The fourth-order valence-corrected chi connectivity index (χ4v) is 3.48. The molecular formula is C17H19NO3S. The Morgan fingerprint density at radius 3 is 2.50 bits per heavy atom. The molecule has 2 aliphatic rings. The lowest BCUT2D eigenvalue weighted by atomic mass is 9.90. The van der Waals surface area contributed by atoms with E-state index in [9.17, 15) is 9.59 Å². The lowest BCUT2D eigenvalue weighted by Gasteiger charge is -2.21. The van der Waals surface area contributed by atoms with Gasteiger partial charge >= 0.3 is 0 Å². The molecule has 0 atom stereocenters. The van der Waals surface area contributed by atoms with E-state index in [1.807, 2.05) is 24.3 Å². The Labute approximate surface area is 134 Å². The molecule has 0 aromatic heterocycles. The monoisotopic (exact) mass is 317 g/mol. The minimum absolute atomic E-state index is 0.316. The molecule has 0 radical (unpaired) electrons. The smallest absolute Gasteiger partial charge is 0.290 e. The van der Waals surface area contributed by atoms with Crippen molar-refractivity contribution in [2.24, 2.45) is 5.92 Å². The molecule has 2 fully saturated rings. The number of imide groups is 1. The third-order valence-electron chi connectivity index (χ3n) is 4.03. The molecule has 2 amide bonds. The van der Waals surface area contributed by atoms with Crippen LogP contribution in [-0.4, -0.2) is 17.8 Å². The van der Waals surface area contributed by atoms with Crippen molar-refractivity contribution in [3.8, 4) is 5.75 Å². The molecule has 0 unspecified atom stereocenters. The molecule has 3 rings (SSSR count). The summed E-state index contributed by atoms with van der Waals surface area (Å²) in [6.45, 7) is 0.785. The molecule has 0 bridgehead atoms. The van der Waals surface area contributed by atoms with Crippen molar-refractivity contribution in [3.63, 3.8) is 0 Å². The standard InChI is InChI=1S/C17H19NO3S/c19-16-15(22-17(20)18-16)10-12-6-8-14(9-7-12)21-11-13-4-2-1-3-5-13/h6-10,13H,1-5,11H2,(H,18,19,20)/b15-10-. The number of nitrogens with one attached hydrogen (secondary N) is 1. The first-order chi connectivity index (χ1) is 10.7. The second kappa shape index (κ2) is 7.01. The number of hydrogen-bond donors (Lipinski definition) is 1. The van der Waals surface area contributed by atoms with Gasteiger partial charge in [-0.3, -0.25) is 14.9 Å². The van der Waals surface area contributed by atoms with E-state index in [2.05, 4.69) is 5.32 Å². The molecule has 116 valence electrons. The van der Waals surface area contributed by atoms with Gasteiger partial charge in [-0.1, -0.05) is 31.4 Å². The van der Waals surface area contributed by atoms with Crippen molar-refractivity contribution in [2.45, 2.75) is 32.1 Å². The summed E-state index contributed by atoms with van der Waals surface area (Å²) in [5.74, 6) is 1.21. The molecule has 1 N–H and O–H groups in total. The fraction of sp³-hybridized carbons (Fsp3) is 0.412. The van der Waals surface area contributed by atoms with Crippen molar-refractivity contribution in [2.75, 3.05) is 6.61 Å². The lowest BCUT2D eigenvalue weighted by molar-refractivity contribution is -0.115. The van der Waals surface area contributed by atoms with Crippen LogP contribution < -0.4 is 10.1 Å².